The van der Waals surface area contributed by atoms with E-state index in [9.17, 15) is 14.7 Å². The van der Waals surface area contributed by atoms with Crippen LogP contribution in [-0.2, 0) is 27.2 Å². The molecule has 0 bridgehead atoms. The maximum Gasteiger partial charge on any atom is 0.508 e. The summed E-state index contributed by atoms with van der Waals surface area (Å²) >= 11 is 0. The number of carbonyl (C=O) groups is 2. The Labute approximate surface area is 183 Å². The largest absolute Gasteiger partial charge is 0.508 e. The number of aliphatic hydroxyl groups excluding tert-OH is 1. The Balaban J connectivity index is 1.85. The van der Waals surface area contributed by atoms with Crippen LogP contribution in [0.3, 0.4) is 0 Å². The second-order valence-electron chi connectivity index (χ2n) is 8.17. The highest BCUT2D eigenvalue weighted by Gasteiger charge is 2.25. The quantitative estimate of drug-likeness (QED) is 0.580. The van der Waals surface area contributed by atoms with Gasteiger partial charge in [0.15, 0.2) is 0 Å². The van der Waals surface area contributed by atoms with Crippen LogP contribution < -0.4 is 5.32 Å². The zero-order valence-electron chi connectivity index (χ0n) is 18.2. The minimum absolute atomic E-state index is 0.0456. The molecule has 0 saturated carbocycles. The number of nitrogens with one attached hydrogen (secondary N) is 1. The molecule has 0 aromatic heterocycles. The first-order valence-corrected chi connectivity index (χ1v) is 10.3. The lowest BCUT2D eigenvalue weighted by Crippen LogP contribution is -2.47. The van der Waals surface area contributed by atoms with Gasteiger partial charge in [-0.3, -0.25) is 0 Å². The Bertz CT molecular complexity index is 804. The summed E-state index contributed by atoms with van der Waals surface area (Å²) in [7, 11) is 0. The average Bonchev–Trinajstić information content (AvgIpc) is 2.72. The molecular weight excluding hydrogens is 398 g/mol. The van der Waals surface area contributed by atoms with E-state index in [1.54, 1.807) is 20.8 Å². The van der Waals surface area contributed by atoms with Crippen molar-refractivity contribution < 1.29 is 28.9 Å². The molecule has 1 amide bonds. The van der Waals surface area contributed by atoms with Gasteiger partial charge in [-0.25, -0.2) is 9.59 Å². The Morgan fingerprint density at radius 1 is 0.935 bits per heavy atom. The van der Waals surface area contributed by atoms with Crippen LogP contribution in [0.15, 0.2) is 60.7 Å². The molecule has 2 aromatic carbocycles. The fourth-order valence-electron chi connectivity index (χ4n) is 2.83. The number of hydrogen-bond donors (Lipinski definition) is 2. The smallest absolute Gasteiger partial charge is 0.444 e. The van der Waals surface area contributed by atoms with Crippen molar-refractivity contribution in [2.75, 3.05) is 6.61 Å². The van der Waals surface area contributed by atoms with Crippen LogP contribution in [0.5, 0.6) is 0 Å². The van der Waals surface area contributed by atoms with Crippen LogP contribution in [0.25, 0.3) is 0 Å². The van der Waals surface area contributed by atoms with Gasteiger partial charge in [-0.05, 0) is 38.3 Å². The standard InChI is InChI=1S/C24H31NO6/c1-24(2,3)31-22(27)25-20(16-18-10-6-4-7-11-18)21(26)14-15-29-23(28)30-17-19-12-8-5-9-13-19/h4-13,20-21,26H,14-17H2,1-3H3,(H,25,27). The molecule has 0 aliphatic rings. The van der Waals surface area contributed by atoms with Crippen LogP contribution in [0.4, 0.5) is 9.59 Å². The Hall–Kier alpha value is -3.06. The molecule has 0 aliphatic carbocycles. The van der Waals surface area contributed by atoms with E-state index >= 15 is 0 Å². The number of benzene rings is 2. The first kappa shape index (κ1) is 24.2. The number of carbonyl (C=O) groups excluding carboxylic acids is 2. The van der Waals surface area contributed by atoms with Crippen molar-refractivity contribution in [3.8, 4) is 0 Å². The normalized spacial score (nSPS) is 13.0. The van der Waals surface area contributed by atoms with Gasteiger partial charge >= 0.3 is 12.2 Å². The summed E-state index contributed by atoms with van der Waals surface area (Å²) in [6.45, 7) is 5.37. The molecule has 0 radical (unpaired) electrons. The van der Waals surface area contributed by atoms with Gasteiger partial charge in [0, 0.05) is 6.42 Å². The van der Waals surface area contributed by atoms with Crippen LogP contribution in [0.1, 0.15) is 38.3 Å². The third kappa shape index (κ3) is 10.00. The fraction of sp³-hybridized carbons (Fsp3) is 0.417. The van der Waals surface area contributed by atoms with Crippen LogP contribution in [0.2, 0.25) is 0 Å². The summed E-state index contributed by atoms with van der Waals surface area (Å²) in [6, 6.07) is 18.1. The molecular formula is C24H31NO6. The van der Waals surface area contributed by atoms with E-state index in [-0.39, 0.29) is 19.6 Å². The molecule has 0 saturated heterocycles. The summed E-state index contributed by atoms with van der Waals surface area (Å²) < 4.78 is 15.4. The molecule has 168 valence electrons. The van der Waals surface area contributed by atoms with E-state index in [2.05, 4.69) is 5.32 Å². The number of amides is 1. The topological polar surface area (TPSA) is 94.1 Å². The molecule has 0 fully saturated rings. The van der Waals surface area contributed by atoms with Crippen molar-refractivity contribution in [2.45, 2.75) is 58.0 Å². The first-order chi connectivity index (χ1) is 14.7. The van der Waals surface area contributed by atoms with Gasteiger partial charge in [-0.1, -0.05) is 60.7 Å². The summed E-state index contributed by atoms with van der Waals surface area (Å²) in [5.41, 5.74) is 1.15. The third-order valence-corrected chi connectivity index (χ3v) is 4.30. The Morgan fingerprint density at radius 2 is 1.52 bits per heavy atom. The zero-order chi connectivity index (χ0) is 22.7. The van der Waals surface area contributed by atoms with Crippen LogP contribution in [0, 0.1) is 0 Å². The number of rotatable bonds is 9. The van der Waals surface area contributed by atoms with Gasteiger partial charge in [0.05, 0.1) is 18.8 Å². The van der Waals surface area contributed by atoms with E-state index in [0.717, 1.165) is 11.1 Å². The maximum atomic E-state index is 12.2. The van der Waals surface area contributed by atoms with Gasteiger partial charge in [0.2, 0.25) is 0 Å². The monoisotopic (exact) mass is 429 g/mol. The van der Waals surface area contributed by atoms with Crippen molar-refractivity contribution >= 4 is 12.2 Å². The van der Waals surface area contributed by atoms with Crippen molar-refractivity contribution in [1.82, 2.24) is 5.32 Å². The van der Waals surface area contributed by atoms with E-state index in [0.29, 0.717) is 6.42 Å². The molecule has 2 atom stereocenters. The molecule has 0 heterocycles. The molecule has 7 heteroatoms. The van der Waals surface area contributed by atoms with Gasteiger partial charge in [-0.2, -0.15) is 0 Å². The fourth-order valence-corrected chi connectivity index (χ4v) is 2.83. The second-order valence-corrected chi connectivity index (χ2v) is 8.17. The highest BCUT2D eigenvalue weighted by molar-refractivity contribution is 5.68. The van der Waals surface area contributed by atoms with Crippen molar-refractivity contribution in [1.29, 1.82) is 0 Å². The van der Waals surface area contributed by atoms with Crippen LogP contribution >= 0.6 is 0 Å². The summed E-state index contributed by atoms with van der Waals surface area (Å²) in [5.74, 6) is 0. The summed E-state index contributed by atoms with van der Waals surface area (Å²) in [6.07, 6.45) is -1.84. The van der Waals surface area contributed by atoms with Crippen LogP contribution in [-0.4, -0.2) is 41.7 Å². The Kier molecular flexibility index (Phi) is 9.34. The van der Waals surface area contributed by atoms with E-state index in [4.69, 9.17) is 14.2 Å². The maximum absolute atomic E-state index is 12.2. The second kappa shape index (κ2) is 12.0. The van der Waals surface area contributed by atoms with Crippen molar-refractivity contribution in [2.24, 2.45) is 0 Å². The first-order valence-electron chi connectivity index (χ1n) is 10.3. The van der Waals surface area contributed by atoms with E-state index in [1.165, 1.54) is 0 Å². The number of ether oxygens (including phenoxy) is 3. The molecule has 31 heavy (non-hydrogen) atoms. The Morgan fingerprint density at radius 3 is 2.10 bits per heavy atom. The highest BCUT2D eigenvalue weighted by Crippen LogP contribution is 2.12. The van der Waals surface area contributed by atoms with Gasteiger partial charge < -0.3 is 24.6 Å². The predicted molar refractivity (Wildman–Crippen MR) is 117 cm³/mol. The SMILES string of the molecule is CC(C)(C)OC(=O)NC(Cc1ccccc1)C(O)CCOC(=O)OCc1ccccc1. The molecule has 2 unspecified atom stereocenters. The lowest BCUT2D eigenvalue weighted by molar-refractivity contribution is 0.0251. The van der Waals surface area contributed by atoms with Crippen molar-refractivity contribution in [3.05, 3.63) is 71.8 Å². The minimum atomic E-state index is -0.949. The molecule has 2 rings (SSSR count). The molecule has 0 spiro atoms. The summed E-state index contributed by atoms with van der Waals surface area (Å²) in [5, 5.41) is 13.4. The van der Waals surface area contributed by atoms with E-state index in [1.807, 2.05) is 60.7 Å². The number of alkyl carbamates (subject to hydrolysis) is 1. The highest BCUT2D eigenvalue weighted by atomic mass is 16.7. The minimum Gasteiger partial charge on any atom is -0.444 e. The molecule has 7 nitrogen and oxygen atoms in total. The molecule has 2 aromatic rings. The van der Waals surface area contributed by atoms with Gasteiger partial charge in [-0.15, -0.1) is 0 Å². The number of aliphatic hydroxyl groups is 1. The molecule has 2 N–H and O–H groups in total. The number of hydrogen-bond acceptors (Lipinski definition) is 6. The van der Waals surface area contributed by atoms with Crippen molar-refractivity contribution in [3.63, 3.8) is 0 Å². The lowest BCUT2D eigenvalue weighted by atomic mass is 9.99. The molecule has 0 aliphatic heterocycles. The lowest BCUT2D eigenvalue weighted by Gasteiger charge is -2.27. The average molecular weight is 430 g/mol. The zero-order valence-corrected chi connectivity index (χ0v) is 18.2. The van der Waals surface area contributed by atoms with Gasteiger partial charge in [0.25, 0.3) is 0 Å². The predicted octanol–water partition coefficient (Wildman–Crippen LogP) is 4.23. The third-order valence-electron chi connectivity index (χ3n) is 4.30. The van der Waals surface area contributed by atoms with Gasteiger partial charge in [0.1, 0.15) is 12.2 Å². The van der Waals surface area contributed by atoms with E-state index < -0.39 is 30.0 Å². The summed E-state index contributed by atoms with van der Waals surface area (Å²) in [4.78, 5) is 24.0.